The van der Waals surface area contributed by atoms with Gasteiger partial charge in [-0.25, -0.2) is 4.98 Å². The highest BCUT2D eigenvalue weighted by Gasteiger charge is 2.09. The molecule has 1 aromatic heterocycles. The van der Waals surface area contributed by atoms with Gasteiger partial charge in [0.2, 0.25) is 11.8 Å². The molecule has 0 radical (unpaired) electrons. The summed E-state index contributed by atoms with van der Waals surface area (Å²) in [5, 5.41) is 6.02. The van der Waals surface area contributed by atoms with Gasteiger partial charge in [0.1, 0.15) is 6.54 Å². The summed E-state index contributed by atoms with van der Waals surface area (Å²) in [7, 11) is 0. The van der Waals surface area contributed by atoms with Crippen LogP contribution in [-0.4, -0.2) is 27.9 Å². The standard InChI is InChI=1S/C18H15ClN4O3/c19-12-4-3-5-13(8-12)22-16(24)9-20-17(25)10-23-11-21-15-7-2-1-6-14(15)18(23)26/h1-8,11H,9-10H2,(H,20,25)(H,22,24). The van der Waals surface area contributed by atoms with Crippen LogP contribution in [0, 0.1) is 0 Å². The minimum atomic E-state index is -0.467. The average Bonchev–Trinajstić information content (AvgIpc) is 2.63. The number of anilines is 1. The first-order valence-corrected chi connectivity index (χ1v) is 8.17. The zero-order valence-corrected chi connectivity index (χ0v) is 14.4. The Hall–Kier alpha value is -3.19. The number of hydrogen-bond acceptors (Lipinski definition) is 4. The van der Waals surface area contributed by atoms with Crippen LogP contribution in [0.1, 0.15) is 0 Å². The summed E-state index contributed by atoms with van der Waals surface area (Å²) < 4.78 is 1.20. The van der Waals surface area contributed by atoms with Gasteiger partial charge in [-0.2, -0.15) is 0 Å². The molecule has 2 amide bonds. The molecular weight excluding hydrogens is 356 g/mol. The van der Waals surface area contributed by atoms with Gasteiger partial charge in [-0.15, -0.1) is 0 Å². The second-order valence-electron chi connectivity index (χ2n) is 5.53. The largest absolute Gasteiger partial charge is 0.345 e. The van der Waals surface area contributed by atoms with Crippen molar-refractivity contribution in [2.24, 2.45) is 0 Å². The van der Waals surface area contributed by atoms with Gasteiger partial charge in [-0.05, 0) is 30.3 Å². The van der Waals surface area contributed by atoms with Crippen molar-refractivity contribution in [2.45, 2.75) is 6.54 Å². The lowest BCUT2D eigenvalue weighted by Crippen LogP contribution is -2.37. The molecule has 0 fully saturated rings. The Morgan fingerprint density at radius 3 is 2.69 bits per heavy atom. The molecule has 3 rings (SSSR count). The lowest BCUT2D eigenvalue weighted by Gasteiger charge is -2.09. The molecule has 132 valence electrons. The van der Waals surface area contributed by atoms with Gasteiger partial charge < -0.3 is 10.6 Å². The van der Waals surface area contributed by atoms with Crippen LogP contribution in [0.3, 0.4) is 0 Å². The highest BCUT2D eigenvalue weighted by Crippen LogP contribution is 2.14. The van der Waals surface area contributed by atoms with Gasteiger partial charge in [0.15, 0.2) is 0 Å². The molecule has 0 saturated carbocycles. The first kappa shape index (κ1) is 17.6. The Morgan fingerprint density at radius 2 is 1.88 bits per heavy atom. The number of carbonyl (C=O) groups is 2. The fourth-order valence-corrected chi connectivity index (χ4v) is 2.57. The van der Waals surface area contributed by atoms with Crippen molar-refractivity contribution in [2.75, 3.05) is 11.9 Å². The Kier molecular flexibility index (Phi) is 5.28. The maximum Gasteiger partial charge on any atom is 0.261 e. The second-order valence-corrected chi connectivity index (χ2v) is 5.97. The fourth-order valence-electron chi connectivity index (χ4n) is 2.38. The van der Waals surface area contributed by atoms with E-state index in [2.05, 4.69) is 15.6 Å². The summed E-state index contributed by atoms with van der Waals surface area (Å²) in [5.41, 5.74) is 0.788. The summed E-state index contributed by atoms with van der Waals surface area (Å²) in [4.78, 5) is 40.4. The van der Waals surface area contributed by atoms with Crippen molar-refractivity contribution in [3.05, 3.63) is 70.2 Å². The molecule has 7 nitrogen and oxygen atoms in total. The van der Waals surface area contributed by atoms with E-state index in [1.807, 2.05) is 0 Å². The SMILES string of the molecule is O=C(Cn1cnc2ccccc2c1=O)NCC(=O)Nc1cccc(Cl)c1. The maximum absolute atomic E-state index is 12.3. The van der Waals surface area contributed by atoms with E-state index in [1.165, 1.54) is 10.9 Å². The van der Waals surface area contributed by atoms with E-state index in [0.717, 1.165) is 0 Å². The van der Waals surface area contributed by atoms with E-state index in [9.17, 15) is 14.4 Å². The van der Waals surface area contributed by atoms with Crippen LogP contribution in [0.5, 0.6) is 0 Å². The number of aromatic nitrogens is 2. The summed E-state index contributed by atoms with van der Waals surface area (Å²) in [6, 6.07) is 13.6. The Bertz CT molecular complexity index is 1030. The highest BCUT2D eigenvalue weighted by atomic mass is 35.5. The summed E-state index contributed by atoms with van der Waals surface area (Å²) in [6.45, 7) is -0.442. The number of nitrogens with one attached hydrogen (secondary N) is 2. The van der Waals surface area contributed by atoms with Crippen molar-refractivity contribution < 1.29 is 9.59 Å². The van der Waals surface area contributed by atoms with Crippen LogP contribution >= 0.6 is 11.6 Å². The van der Waals surface area contributed by atoms with Crippen LogP contribution in [0.25, 0.3) is 10.9 Å². The molecule has 0 aliphatic carbocycles. The molecule has 0 aliphatic heterocycles. The summed E-state index contributed by atoms with van der Waals surface area (Å²) in [6.07, 6.45) is 1.32. The molecule has 26 heavy (non-hydrogen) atoms. The van der Waals surface area contributed by atoms with Crippen LogP contribution in [-0.2, 0) is 16.1 Å². The molecule has 2 N–H and O–H groups in total. The predicted molar refractivity (Wildman–Crippen MR) is 99.1 cm³/mol. The number of hydrogen-bond donors (Lipinski definition) is 2. The first-order valence-electron chi connectivity index (χ1n) is 7.79. The number of halogens is 1. The molecule has 1 heterocycles. The minimum Gasteiger partial charge on any atom is -0.345 e. The Balaban J connectivity index is 1.58. The predicted octanol–water partition coefficient (Wildman–Crippen LogP) is 1.80. The molecule has 0 aliphatic rings. The van der Waals surface area contributed by atoms with Crippen LogP contribution < -0.4 is 16.2 Å². The average molecular weight is 371 g/mol. The van der Waals surface area contributed by atoms with Crippen molar-refractivity contribution in [1.82, 2.24) is 14.9 Å². The van der Waals surface area contributed by atoms with Crippen LogP contribution in [0.4, 0.5) is 5.69 Å². The number of fused-ring (bicyclic) bond motifs is 1. The zero-order valence-electron chi connectivity index (χ0n) is 13.6. The molecule has 2 aromatic carbocycles. The molecule has 0 atom stereocenters. The number of benzene rings is 2. The van der Waals surface area contributed by atoms with Gasteiger partial charge in [0.25, 0.3) is 5.56 Å². The van der Waals surface area contributed by atoms with E-state index >= 15 is 0 Å². The molecule has 0 spiro atoms. The lowest BCUT2D eigenvalue weighted by atomic mass is 10.2. The quantitative estimate of drug-likeness (QED) is 0.716. The third-order valence-electron chi connectivity index (χ3n) is 3.60. The van der Waals surface area contributed by atoms with Gasteiger partial charge in [-0.1, -0.05) is 29.8 Å². The van der Waals surface area contributed by atoms with Crippen LogP contribution in [0.15, 0.2) is 59.7 Å². The van der Waals surface area contributed by atoms with E-state index in [-0.39, 0.29) is 18.6 Å². The van der Waals surface area contributed by atoms with E-state index in [1.54, 1.807) is 48.5 Å². The molecule has 3 aromatic rings. The van der Waals surface area contributed by atoms with Crippen molar-refractivity contribution in [3.63, 3.8) is 0 Å². The van der Waals surface area contributed by atoms with Gasteiger partial charge in [0, 0.05) is 10.7 Å². The highest BCUT2D eigenvalue weighted by molar-refractivity contribution is 6.30. The zero-order chi connectivity index (χ0) is 18.5. The van der Waals surface area contributed by atoms with E-state index in [4.69, 9.17) is 11.6 Å². The molecule has 8 heteroatoms. The number of amides is 2. The summed E-state index contributed by atoms with van der Waals surface area (Å²) in [5.74, 6) is -0.866. The number of nitrogens with zero attached hydrogens (tertiary/aromatic N) is 2. The van der Waals surface area contributed by atoms with Crippen LogP contribution in [0.2, 0.25) is 5.02 Å². The monoisotopic (exact) mass is 370 g/mol. The number of para-hydroxylation sites is 1. The molecular formula is C18H15ClN4O3. The van der Waals surface area contributed by atoms with Crippen molar-refractivity contribution >= 4 is 40.0 Å². The first-order chi connectivity index (χ1) is 12.5. The lowest BCUT2D eigenvalue weighted by molar-refractivity contribution is -0.124. The van der Waals surface area contributed by atoms with Gasteiger partial charge in [0.05, 0.1) is 23.8 Å². The Labute approximate surface area is 153 Å². The molecule has 0 unspecified atom stereocenters. The topological polar surface area (TPSA) is 93.1 Å². The fraction of sp³-hybridized carbons (Fsp3) is 0.111. The van der Waals surface area contributed by atoms with Crippen molar-refractivity contribution in [3.8, 4) is 0 Å². The van der Waals surface area contributed by atoms with E-state index in [0.29, 0.717) is 21.6 Å². The number of rotatable bonds is 5. The Morgan fingerprint density at radius 1 is 1.08 bits per heavy atom. The smallest absolute Gasteiger partial charge is 0.261 e. The second kappa shape index (κ2) is 7.79. The molecule has 0 saturated heterocycles. The van der Waals surface area contributed by atoms with Gasteiger partial charge in [-0.3, -0.25) is 19.0 Å². The van der Waals surface area contributed by atoms with Gasteiger partial charge >= 0.3 is 0 Å². The molecule has 0 bridgehead atoms. The van der Waals surface area contributed by atoms with Crippen molar-refractivity contribution in [1.29, 1.82) is 0 Å². The maximum atomic E-state index is 12.3. The normalized spacial score (nSPS) is 10.5. The number of carbonyl (C=O) groups excluding carboxylic acids is 2. The minimum absolute atomic E-state index is 0.221. The summed E-state index contributed by atoms with van der Waals surface area (Å²) >= 11 is 5.84. The third-order valence-corrected chi connectivity index (χ3v) is 3.84. The third kappa shape index (κ3) is 4.25. The van der Waals surface area contributed by atoms with E-state index < -0.39 is 11.8 Å².